The van der Waals surface area contributed by atoms with Crippen LogP contribution in [0.1, 0.15) is 22.6 Å². The average molecular weight is 398 g/mol. The first-order valence-electron chi connectivity index (χ1n) is 8.76. The number of aryl methyl sites for hydroxylation is 1. The quantitative estimate of drug-likeness (QED) is 0.565. The standard InChI is InChI=1S/C20H22N4O3S/c1-23-14-18(12-22-23)24(28(26)27)13-16-8-5-9-17(10-16)19(20(21)25)11-15-6-3-2-4-7-15/h2-10,12,14,19,28H,11,13H2,1H3,(H2,21,25). The third-order valence-corrected chi connectivity index (χ3v) is 5.26. The van der Waals surface area contributed by atoms with Crippen molar-refractivity contribution in [2.75, 3.05) is 4.31 Å². The molecule has 1 amide bonds. The maximum atomic E-state index is 12.1. The van der Waals surface area contributed by atoms with Crippen molar-refractivity contribution in [3.8, 4) is 0 Å². The zero-order valence-corrected chi connectivity index (χ0v) is 16.3. The monoisotopic (exact) mass is 398 g/mol. The Morgan fingerprint density at radius 1 is 1.14 bits per heavy atom. The molecule has 0 bridgehead atoms. The second-order valence-corrected chi connectivity index (χ2v) is 7.52. The van der Waals surface area contributed by atoms with E-state index in [4.69, 9.17) is 5.73 Å². The molecule has 0 aliphatic carbocycles. The van der Waals surface area contributed by atoms with Gasteiger partial charge in [-0.25, -0.2) is 8.42 Å². The molecule has 0 aliphatic heterocycles. The number of carbonyl (C=O) groups excluding carboxylic acids is 1. The summed E-state index contributed by atoms with van der Waals surface area (Å²) in [5.41, 5.74) is 8.68. The Bertz CT molecular complexity index is 1020. The Kier molecular flexibility index (Phi) is 6.10. The molecular weight excluding hydrogens is 376 g/mol. The summed E-state index contributed by atoms with van der Waals surface area (Å²) in [6, 6.07) is 17.0. The predicted molar refractivity (Wildman–Crippen MR) is 108 cm³/mol. The molecule has 146 valence electrons. The van der Waals surface area contributed by atoms with Crippen molar-refractivity contribution < 1.29 is 13.2 Å². The summed E-state index contributed by atoms with van der Waals surface area (Å²) in [6.45, 7) is 0.148. The lowest BCUT2D eigenvalue weighted by atomic mass is 9.90. The number of carbonyl (C=O) groups is 1. The Hall–Kier alpha value is -3.13. The summed E-state index contributed by atoms with van der Waals surface area (Å²) in [4.78, 5) is 12.1. The summed E-state index contributed by atoms with van der Waals surface area (Å²) in [5.74, 6) is -0.907. The van der Waals surface area contributed by atoms with Crippen LogP contribution in [0, 0.1) is 0 Å². The summed E-state index contributed by atoms with van der Waals surface area (Å²) in [6.07, 6.45) is 3.62. The van der Waals surface area contributed by atoms with Crippen LogP contribution in [0.25, 0.3) is 0 Å². The van der Waals surface area contributed by atoms with Crippen LogP contribution in [0.4, 0.5) is 5.69 Å². The van der Waals surface area contributed by atoms with Gasteiger partial charge in [0, 0.05) is 13.2 Å². The molecule has 7 nitrogen and oxygen atoms in total. The highest BCUT2D eigenvalue weighted by atomic mass is 32.2. The van der Waals surface area contributed by atoms with E-state index in [9.17, 15) is 13.2 Å². The number of thiol groups is 1. The molecule has 0 saturated carbocycles. The fourth-order valence-electron chi connectivity index (χ4n) is 3.10. The zero-order chi connectivity index (χ0) is 20.1. The lowest BCUT2D eigenvalue weighted by molar-refractivity contribution is -0.119. The van der Waals surface area contributed by atoms with E-state index in [1.54, 1.807) is 17.9 Å². The van der Waals surface area contributed by atoms with Crippen molar-refractivity contribution in [2.45, 2.75) is 18.9 Å². The van der Waals surface area contributed by atoms with Crippen LogP contribution >= 0.6 is 0 Å². The number of benzene rings is 2. The Morgan fingerprint density at radius 2 is 1.86 bits per heavy atom. The predicted octanol–water partition coefficient (Wildman–Crippen LogP) is 1.76. The minimum absolute atomic E-state index is 0.148. The van der Waals surface area contributed by atoms with E-state index in [-0.39, 0.29) is 6.54 Å². The molecule has 1 aromatic heterocycles. The van der Waals surface area contributed by atoms with E-state index in [1.807, 2.05) is 54.6 Å². The van der Waals surface area contributed by atoms with Gasteiger partial charge in [0.05, 0.1) is 24.3 Å². The summed E-state index contributed by atoms with van der Waals surface area (Å²) in [5, 5.41) is 4.02. The van der Waals surface area contributed by atoms with Gasteiger partial charge < -0.3 is 5.73 Å². The van der Waals surface area contributed by atoms with Gasteiger partial charge in [0.2, 0.25) is 16.8 Å². The smallest absolute Gasteiger partial charge is 0.225 e. The third kappa shape index (κ3) is 4.77. The van der Waals surface area contributed by atoms with Crippen LogP contribution < -0.4 is 10.0 Å². The van der Waals surface area contributed by atoms with Gasteiger partial charge in [0.25, 0.3) is 0 Å². The van der Waals surface area contributed by atoms with Crippen molar-refractivity contribution in [3.63, 3.8) is 0 Å². The molecule has 3 aromatic rings. The molecule has 2 N–H and O–H groups in total. The molecule has 1 unspecified atom stereocenters. The minimum Gasteiger partial charge on any atom is -0.369 e. The second-order valence-electron chi connectivity index (χ2n) is 6.56. The number of aromatic nitrogens is 2. The van der Waals surface area contributed by atoms with E-state index < -0.39 is 22.7 Å². The van der Waals surface area contributed by atoms with Gasteiger partial charge in [-0.05, 0) is 23.1 Å². The van der Waals surface area contributed by atoms with Gasteiger partial charge in [-0.3, -0.25) is 13.8 Å². The van der Waals surface area contributed by atoms with E-state index in [1.165, 1.54) is 10.5 Å². The molecule has 3 rings (SSSR count). The molecule has 28 heavy (non-hydrogen) atoms. The van der Waals surface area contributed by atoms with Crippen LogP contribution in [-0.4, -0.2) is 24.1 Å². The lowest BCUT2D eigenvalue weighted by Gasteiger charge is -2.18. The number of hydrogen-bond donors (Lipinski definition) is 2. The Balaban J connectivity index is 1.86. The number of amides is 1. The van der Waals surface area contributed by atoms with Crippen molar-refractivity contribution >= 4 is 22.5 Å². The zero-order valence-electron chi connectivity index (χ0n) is 15.4. The largest absolute Gasteiger partial charge is 0.369 e. The summed E-state index contributed by atoms with van der Waals surface area (Å²) in [7, 11) is -1.12. The highest BCUT2D eigenvalue weighted by molar-refractivity contribution is 7.74. The van der Waals surface area contributed by atoms with Gasteiger partial charge >= 0.3 is 0 Å². The van der Waals surface area contributed by atoms with Gasteiger partial charge in [-0.2, -0.15) is 5.10 Å². The highest BCUT2D eigenvalue weighted by Gasteiger charge is 2.19. The molecule has 8 heteroatoms. The molecule has 0 aliphatic rings. The summed E-state index contributed by atoms with van der Waals surface area (Å²) < 4.78 is 26.3. The number of hydrogen-bond acceptors (Lipinski definition) is 4. The van der Waals surface area contributed by atoms with Gasteiger partial charge in [-0.1, -0.05) is 54.6 Å². The number of primary amides is 1. The van der Waals surface area contributed by atoms with E-state index in [0.29, 0.717) is 12.1 Å². The molecule has 1 atom stereocenters. The molecule has 0 radical (unpaired) electrons. The van der Waals surface area contributed by atoms with Crippen molar-refractivity contribution in [1.29, 1.82) is 0 Å². The first-order valence-corrected chi connectivity index (χ1v) is 9.89. The maximum Gasteiger partial charge on any atom is 0.225 e. The Labute approximate surface area is 165 Å². The maximum absolute atomic E-state index is 12.1. The number of nitrogens with two attached hydrogens (primary N) is 1. The number of rotatable bonds is 8. The van der Waals surface area contributed by atoms with Gasteiger partial charge in [0.15, 0.2) is 0 Å². The van der Waals surface area contributed by atoms with Crippen LogP contribution in [0.15, 0.2) is 67.0 Å². The number of nitrogens with zero attached hydrogens (tertiary/aromatic N) is 3. The van der Waals surface area contributed by atoms with E-state index in [2.05, 4.69) is 5.10 Å². The van der Waals surface area contributed by atoms with Crippen molar-refractivity contribution in [3.05, 3.63) is 83.7 Å². The van der Waals surface area contributed by atoms with E-state index in [0.717, 1.165) is 16.7 Å². The molecule has 2 aromatic carbocycles. The minimum atomic E-state index is -2.84. The lowest BCUT2D eigenvalue weighted by Crippen LogP contribution is -2.24. The highest BCUT2D eigenvalue weighted by Crippen LogP contribution is 2.23. The van der Waals surface area contributed by atoms with Crippen molar-refractivity contribution in [2.24, 2.45) is 12.8 Å². The molecule has 0 fully saturated rings. The molecule has 0 saturated heterocycles. The fraction of sp³-hybridized carbons (Fsp3) is 0.200. The molecule has 0 spiro atoms. The fourth-order valence-corrected chi connectivity index (χ4v) is 3.67. The molecule has 1 heterocycles. The second kappa shape index (κ2) is 8.71. The van der Waals surface area contributed by atoms with Gasteiger partial charge in [-0.15, -0.1) is 0 Å². The normalized spacial score (nSPS) is 12.1. The van der Waals surface area contributed by atoms with Crippen LogP contribution in [0.2, 0.25) is 0 Å². The van der Waals surface area contributed by atoms with Crippen LogP contribution in [0.3, 0.4) is 0 Å². The molecular formula is C20H22N4O3S. The number of anilines is 1. The van der Waals surface area contributed by atoms with Crippen molar-refractivity contribution in [1.82, 2.24) is 9.78 Å². The van der Waals surface area contributed by atoms with Crippen LogP contribution in [-0.2, 0) is 35.7 Å². The first kappa shape index (κ1) is 19.6. The topological polar surface area (TPSA) is 98.3 Å². The Morgan fingerprint density at radius 3 is 2.46 bits per heavy atom. The first-order chi connectivity index (χ1) is 13.4. The van der Waals surface area contributed by atoms with E-state index >= 15 is 0 Å². The van der Waals surface area contributed by atoms with Gasteiger partial charge in [0.1, 0.15) is 0 Å². The summed E-state index contributed by atoms with van der Waals surface area (Å²) >= 11 is 0. The third-order valence-electron chi connectivity index (χ3n) is 4.50. The SMILES string of the molecule is Cn1cc(N(Cc2cccc(C(Cc3ccccc3)C(N)=O)c2)[SH](=O)=O)cn1. The average Bonchev–Trinajstić information content (AvgIpc) is 3.10. The van der Waals surface area contributed by atoms with Crippen LogP contribution in [0.5, 0.6) is 0 Å².